The van der Waals surface area contributed by atoms with Crippen LogP contribution in [0.15, 0.2) is 42.7 Å². The van der Waals surface area contributed by atoms with E-state index in [1.807, 2.05) is 20.0 Å². The standard InChI is InChI=1S/C46H45N5O11S/c1-21-13-26-14-28-29(17-47)51-30-18-59-45(56)46(27-16-32(57-5)31(53)15-25(27)9-12-50(46)44(55)24-7-10-48-11-8-24)19-63-43(37(51)36(49(28)4)33(26)38(54)39(21)58-6)35-34(30)42-41(60-20-61-42)22(2)40(35)62-23(3)52/h7-8,10-11,13,15-16,28-30,36-37,43,53-54H,9,12,14,18-20H2,1-6H3/t28-,29-,30+,36+,37+,43+,46+/m0/s1. The van der Waals surface area contributed by atoms with Crippen molar-refractivity contribution >= 4 is 29.6 Å². The molecule has 4 aromatic rings. The molecule has 1 amide bonds. The number of likely N-dealkylation sites (N-methyl/N-ethyl adjacent to an activating group) is 1. The van der Waals surface area contributed by atoms with E-state index in [0.717, 1.165) is 11.1 Å². The highest BCUT2D eigenvalue weighted by atomic mass is 32.2. The number of phenolic OH excluding ortho intramolecular Hbond substituents is 2. The summed E-state index contributed by atoms with van der Waals surface area (Å²) in [4.78, 5) is 53.5. The Morgan fingerprint density at radius 2 is 1.76 bits per heavy atom. The number of thioether (sulfide) groups is 1. The molecule has 17 heteroatoms. The quantitative estimate of drug-likeness (QED) is 0.207. The lowest BCUT2D eigenvalue weighted by atomic mass is 9.71. The molecule has 63 heavy (non-hydrogen) atoms. The number of phenols is 2. The minimum Gasteiger partial charge on any atom is -0.504 e. The number of pyridine rings is 1. The highest BCUT2D eigenvalue weighted by Crippen LogP contribution is 2.65. The Morgan fingerprint density at radius 3 is 2.48 bits per heavy atom. The molecule has 3 aromatic carbocycles. The van der Waals surface area contributed by atoms with Gasteiger partial charge in [0.25, 0.3) is 5.91 Å². The lowest BCUT2D eigenvalue weighted by molar-refractivity contribution is -0.162. The third kappa shape index (κ3) is 5.73. The van der Waals surface area contributed by atoms with E-state index >= 15 is 4.79 Å². The van der Waals surface area contributed by atoms with Crippen LogP contribution in [0, 0.1) is 25.2 Å². The largest absolute Gasteiger partial charge is 0.504 e. The molecule has 2 saturated heterocycles. The van der Waals surface area contributed by atoms with Crippen LogP contribution in [0.2, 0.25) is 0 Å². The summed E-state index contributed by atoms with van der Waals surface area (Å²) in [5.41, 5.74) is 3.52. The molecule has 16 nitrogen and oxygen atoms in total. The predicted molar refractivity (Wildman–Crippen MR) is 225 cm³/mol. The number of carbonyl (C=O) groups is 3. The minimum atomic E-state index is -1.81. The van der Waals surface area contributed by atoms with Crippen molar-refractivity contribution < 1.29 is 53.0 Å². The molecule has 7 aliphatic rings. The van der Waals surface area contributed by atoms with Crippen LogP contribution in [0.25, 0.3) is 0 Å². The summed E-state index contributed by atoms with van der Waals surface area (Å²) < 4.78 is 36.5. The number of hydrogen-bond donors (Lipinski definition) is 2. The first-order valence-electron chi connectivity index (χ1n) is 20.7. The zero-order chi connectivity index (χ0) is 44.2. The number of carbonyl (C=O) groups excluding carboxylic acids is 3. The molecule has 2 fully saturated rings. The fraction of sp³-hybridized carbons (Fsp3) is 0.413. The Hall–Kier alpha value is -6.22. The number of nitrogens with zero attached hydrogens (tertiary/aromatic N) is 5. The summed E-state index contributed by atoms with van der Waals surface area (Å²) in [6, 6.07) is 7.73. The van der Waals surface area contributed by atoms with E-state index in [2.05, 4.69) is 20.9 Å². The van der Waals surface area contributed by atoms with E-state index in [-0.39, 0.29) is 54.7 Å². The maximum Gasteiger partial charge on any atom is 0.337 e. The monoisotopic (exact) mass is 875 g/mol. The second-order valence-electron chi connectivity index (χ2n) is 16.8. The number of aryl methyl sites for hydroxylation is 1. The third-order valence-electron chi connectivity index (χ3n) is 13.8. The average molecular weight is 876 g/mol. The number of methoxy groups -OCH3 is 2. The minimum absolute atomic E-state index is 0.0106. The number of amides is 1. The Balaban J connectivity index is 1.27. The summed E-state index contributed by atoms with van der Waals surface area (Å²) >= 11 is 1.35. The highest BCUT2D eigenvalue weighted by Gasteiger charge is 2.63. The summed E-state index contributed by atoms with van der Waals surface area (Å²) in [6.07, 6.45) is 3.77. The van der Waals surface area contributed by atoms with E-state index in [0.29, 0.717) is 69.0 Å². The second kappa shape index (κ2) is 15.0. The van der Waals surface area contributed by atoms with E-state index in [1.165, 1.54) is 45.3 Å². The molecule has 11 rings (SSSR count). The van der Waals surface area contributed by atoms with Crippen molar-refractivity contribution in [2.45, 2.75) is 74.6 Å². The number of piperazine rings is 1. The highest BCUT2D eigenvalue weighted by molar-refractivity contribution is 7.99. The van der Waals surface area contributed by atoms with Gasteiger partial charge < -0.3 is 43.5 Å². The van der Waals surface area contributed by atoms with E-state index < -0.39 is 52.8 Å². The summed E-state index contributed by atoms with van der Waals surface area (Å²) in [7, 11) is 4.88. The van der Waals surface area contributed by atoms with Crippen LogP contribution in [-0.4, -0.2) is 113 Å². The lowest BCUT2D eigenvalue weighted by Gasteiger charge is -2.62. The molecule has 7 atom stereocenters. The number of nitriles is 1. The topological polar surface area (TPSA) is 193 Å². The molecule has 4 bridgehead atoms. The molecule has 326 valence electrons. The second-order valence-corrected chi connectivity index (χ2v) is 17.9. The van der Waals surface area contributed by atoms with Gasteiger partial charge in [0.1, 0.15) is 18.4 Å². The molecule has 7 aliphatic heterocycles. The fourth-order valence-electron chi connectivity index (χ4n) is 11.2. The van der Waals surface area contributed by atoms with Crippen molar-refractivity contribution in [1.29, 1.82) is 5.26 Å². The first-order valence-corrected chi connectivity index (χ1v) is 21.7. The lowest BCUT2D eigenvalue weighted by Crippen LogP contribution is -2.69. The van der Waals surface area contributed by atoms with E-state index in [9.17, 15) is 25.1 Å². The number of ether oxygens (including phenoxy) is 6. The van der Waals surface area contributed by atoms with Crippen LogP contribution >= 0.6 is 11.8 Å². The van der Waals surface area contributed by atoms with Gasteiger partial charge in [-0.2, -0.15) is 5.26 Å². The van der Waals surface area contributed by atoms with Gasteiger partial charge in [0.2, 0.25) is 6.79 Å². The van der Waals surface area contributed by atoms with Gasteiger partial charge in [0.05, 0.1) is 37.6 Å². The van der Waals surface area contributed by atoms with Gasteiger partial charge in [-0.15, -0.1) is 11.8 Å². The number of aromatic hydroxyl groups is 2. The Morgan fingerprint density at radius 1 is 1.00 bits per heavy atom. The third-order valence-corrected chi connectivity index (χ3v) is 15.3. The van der Waals surface area contributed by atoms with Crippen LogP contribution in [0.3, 0.4) is 0 Å². The molecule has 8 heterocycles. The average Bonchev–Trinajstić information content (AvgIpc) is 3.76. The van der Waals surface area contributed by atoms with Gasteiger partial charge in [-0.25, -0.2) is 4.79 Å². The fourth-order valence-corrected chi connectivity index (χ4v) is 13.0. The maximum atomic E-state index is 15.6. The SMILES string of the molecule is COc1cc2c(cc1O)CCN(C(=O)c1ccncc1)[C@]21CS[C@@H]2c3c(OC(C)=O)c(C)c4c(c3[C@@H](COC1=O)N1[C@@H]2[C@H]2c3c(cc(C)c(OC)c3O)C[C@@H]([C@@H]1C#N)N2C)OCO4. The summed E-state index contributed by atoms with van der Waals surface area (Å²) in [5, 5.41) is 33.8. The van der Waals surface area contributed by atoms with Crippen LogP contribution in [0.5, 0.6) is 40.2 Å². The number of esters is 2. The van der Waals surface area contributed by atoms with Gasteiger partial charge in [0, 0.05) is 71.5 Å². The van der Waals surface area contributed by atoms with Gasteiger partial charge in [-0.1, -0.05) is 6.07 Å². The molecule has 0 radical (unpaired) electrons. The first-order chi connectivity index (χ1) is 30.4. The van der Waals surface area contributed by atoms with Gasteiger partial charge in [-0.3, -0.25) is 24.4 Å². The molecular formula is C46H45N5O11S. The van der Waals surface area contributed by atoms with E-state index in [4.69, 9.17) is 28.4 Å². The van der Waals surface area contributed by atoms with Gasteiger partial charge in [-0.05, 0) is 80.3 Å². The van der Waals surface area contributed by atoms with Crippen molar-refractivity contribution in [3.05, 3.63) is 92.8 Å². The van der Waals surface area contributed by atoms with Gasteiger partial charge in [0.15, 0.2) is 40.0 Å². The number of aromatic nitrogens is 1. The van der Waals surface area contributed by atoms with Crippen LogP contribution in [0.4, 0.5) is 0 Å². The predicted octanol–water partition coefficient (Wildman–Crippen LogP) is 4.93. The Labute approximate surface area is 367 Å². The van der Waals surface area contributed by atoms with Gasteiger partial charge >= 0.3 is 11.9 Å². The van der Waals surface area contributed by atoms with Crippen LogP contribution in [-0.2, 0) is 32.7 Å². The Kier molecular flexibility index (Phi) is 9.69. The number of fused-ring (bicyclic) bond motifs is 9. The molecular weight excluding hydrogens is 831 g/mol. The molecule has 1 aromatic heterocycles. The summed E-state index contributed by atoms with van der Waals surface area (Å²) in [5.74, 6) is -0.488. The smallest absolute Gasteiger partial charge is 0.337 e. The molecule has 0 saturated carbocycles. The van der Waals surface area contributed by atoms with Crippen LogP contribution < -0.4 is 23.7 Å². The van der Waals surface area contributed by atoms with Crippen molar-refractivity contribution in [2.24, 2.45) is 0 Å². The van der Waals surface area contributed by atoms with Crippen LogP contribution in [0.1, 0.15) is 79.1 Å². The Bertz CT molecular complexity index is 2670. The van der Waals surface area contributed by atoms with E-state index in [1.54, 1.807) is 36.1 Å². The molecule has 0 aliphatic carbocycles. The molecule has 1 spiro atoms. The zero-order valence-electron chi connectivity index (χ0n) is 35.5. The number of benzene rings is 3. The zero-order valence-corrected chi connectivity index (χ0v) is 36.3. The molecule has 0 unspecified atom stereocenters. The first kappa shape index (κ1) is 40.8. The number of rotatable bonds is 4. The summed E-state index contributed by atoms with van der Waals surface area (Å²) in [6.45, 7) is 4.65. The van der Waals surface area contributed by atoms with Crippen molar-refractivity contribution in [3.63, 3.8) is 0 Å². The van der Waals surface area contributed by atoms with Crippen molar-refractivity contribution in [1.82, 2.24) is 19.7 Å². The normalized spacial score (nSPS) is 26.7. The van der Waals surface area contributed by atoms with Crippen molar-refractivity contribution in [3.8, 4) is 46.3 Å². The van der Waals surface area contributed by atoms with Crippen molar-refractivity contribution in [2.75, 3.05) is 47.0 Å². The maximum absolute atomic E-state index is 15.6. The number of hydrogen-bond acceptors (Lipinski definition) is 16. The molecule has 2 N–H and O–H groups in total.